The van der Waals surface area contributed by atoms with Gasteiger partial charge in [0.15, 0.2) is 5.82 Å². The third kappa shape index (κ3) is 3.80. The first kappa shape index (κ1) is 18.5. The molecule has 0 N–H and O–H groups in total. The van der Waals surface area contributed by atoms with E-state index in [2.05, 4.69) is 16.5 Å². The number of aryl methyl sites for hydroxylation is 1. The second kappa shape index (κ2) is 7.55. The molecule has 0 fully saturated rings. The van der Waals surface area contributed by atoms with Crippen LogP contribution >= 0.6 is 11.6 Å². The molecule has 0 aliphatic heterocycles. The number of imidazole rings is 2. The number of nitrogens with zero attached hydrogens (tertiary/aromatic N) is 5. The molecule has 3 aromatic rings. The Morgan fingerprint density at radius 2 is 2.11 bits per heavy atom. The van der Waals surface area contributed by atoms with Gasteiger partial charge >= 0.3 is 5.82 Å². The number of carbonyl (C=O) groups excluding carboxylic acids is 1. The minimum atomic E-state index is -0.629. The number of rotatable bonds is 7. The predicted molar refractivity (Wildman–Crippen MR) is 101 cm³/mol. The zero-order chi connectivity index (χ0) is 19.6. The minimum absolute atomic E-state index is 0.178. The molecule has 0 bridgehead atoms. The number of aromatic nitrogens is 4. The van der Waals surface area contributed by atoms with E-state index in [0.717, 1.165) is 5.56 Å². The Kier molecular flexibility index (Phi) is 5.18. The summed E-state index contributed by atoms with van der Waals surface area (Å²) >= 11 is 5.96. The number of hydrogen-bond acceptors (Lipinski definition) is 5. The molecule has 1 aromatic carbocycles. The highest BCUT2D eigenvalue weighted by atomic mass is 35.5. The molecule has 2 heterocycles. The van der Waals surface area contributed by atoms with Crippen LogP contribution in [0.2, 0.25) is 5.02 Å². The van der Waals surface area contributed by atoms with Crippen molar-refractivity contribution in [1.29, 1.82) is 0 Å². The Morgan fingerprint density at radius 3 is 2.70 bits per heavy atom. The molecule has 27 heavy (non-hydrogen) atoms. The fraction of sp³-hybridized carbons (Fsp3) is 0.167. The van der Waals surface area contributed by atoms with Gasteiger partial charge in [-0.3, -0.25) is 4.79 Å². The SMILES string of the molecule is C=Cn1ccnc1C(=O)C(Cn1cc([N+](=O)[O-])nc1C)c1ccc(Cl)cc1. The molecule has 3 rings (SSSR count). The summed E-state index contributed by atoms with van der Waals surface area (Å²) in [7, 11) is 0. The number of halogens is 1. The van der Waals surface area contributed by atoms with E-state index in [-0.39, 0.29) is 24.0 Å². The van der Waals surface area contributed by atoms with Crippen LogP contribution in [-0.4, -0.2) is 29.8 Å². The molecular formula is C18H16ClN5O3. The van der Waals surface area contributed by atoms with Crippen molar-refractivity contribution in [2.45, 2.75) is 19.4 Å². The molecule has 0 spiro atoms. The van der Waals surface area contributed by atoms with E-state index in [1.54, 1.807) is 42.0 Å². The second-order valence-electron chi connectivity index (χ2n) is 5.86. The van der Waals surface area contributed by atoms with Gasteiger partial charge in [0.25, 0.3) is 0 Å². The van der Waals surface area contributed by atoms with Crippen LogP contribution < -0.4 is 0 Å². The van der Waals surface area contributed by atoms with E-state index in [0.29, 0.717) is 10.8 Å². The third-order valence-corrected chi connectivity index (χ3v) is 4.46. The number of Topliss-reactive ketones (excluding diaryl/α,β-unsaturated/α-hetero) is 1. The van der Waals surface area contributed by atoms with Crippen molar-refractivity contribution < 1.29 is 9.72 Å². The first-order chi connectivity index (χ1) is 12.9. The van der Waals surface area contributed by atoms with E-state index in [4.69, 9.17) is 11.6 Å². The van der Waals surface area contributed by atoms with Crippen LogP contribution in [0.1, 0.15) is 27.9 Å². The van der Waals surface area contributed by atoms with E-state index in [1.165, 1.54) is 23.2 Å². The van der Waals surface area contributed by atoms with Gasteiger partial charge in [0.1, 0.15) is 6.20 Å². The second-order valence-corrected chi connectivity index (χ2v) is 6.30. The number of nitro groups is 1. The lowest BCUT2D eigenvalue weighted by Gasteiger charge is -2.17. The maximum atomic E-state index is 13.2. The van der Waals surface area contributed by atoms with E-state index in [1.807, 2.05) is 0 Å². The molecule has 1 unspecified atom stereocenters. The Labute approximate surface area is 159 Å². The molecule has 138 valence electrons. The molecule has 0 aliphatic carbocycles. The summed E-state index contributed by atoms with van der Waals surface area (Å²) < 4.78 is 3.13. The zero-order valence-corrected chi connectivity index (χ0v) is 15.2. The van der Waals surface area contributed by atoms with Crippen LogP contribution in [0.3, 0.4) is 0 Å². The van der Waals surface area contributed by atoms with Gasteiger partial charge in [-0.1, -0.05) is 30.3 Å². The monoisotopic (exact) mass is 385 g/mol. The van der Waals surface area contributed by atoms with Gasteiger partial charge in [-0.25, -0.2) is 4.98 Å². The zero-order valence-electron chi connectivity index (χ0n) is 14.4. The fourth-order valence-electron chi connectivity index (χ4n) is 2.80. The van der Waals surface area contributed by atoms with E-state index >= 15 is 0 Å². The first-order valence-electron chi connectivity index (χ1n) is 8.04. The van der Waals surface area contributed by atoms with Gasteiger partial charge in [-0.05, 0) is 27.6 Å². The van der Waals surface area contributed by atoms with Crippen molar-refractivity contribution in [2.24, 2.45) is 0 Å². The van der Waals surface area contributed by atoms with Crippen LogP contribution in [0.25, 0.3) is 6.20 Å². The highest BCUT2D eigenvalue weighted by Crippen LogP contribution is 2.26. The average Bonchev–Trinajstić information content (AvgIpc) is 3.26. The summed E-state index contributed by atoms with van der Waals surface area (Å²) in [5.41, 5.74) is 0.721. The van der Waals surface area contributed by atoms with Gasteiger partial charge in [0.05, 0.1) is 5.92 Å². The summed E-state index contributed by atoms with van der Waals surface area (Å²) in [6, 6.07) is 6.90. The van der Waals surface area contributed by atoms with Crippen LogP contribution in [-0.2, 0) is 6.54 Å². The molecule has 1 atom stereocenters. The summed E-state index contributed by atoms with van der Waals surface area (Å²) in [5.74, 6) is -0.450. The lowest BCUT2D eigenvalue weighted by atomic mass is 9.94. The Morgan fingerprint density at radius 1 is 1.41 bits per heavy atom. The maximum absolute atomic E-state index is 13.2. The maximum Gasteiger partial charge on any atom is 0.381 e. The number of carbonyl (C=O) groups is 1. The van der Waals surface area contributed by atoms with Gasteiger partial charge < -0.3 is 19.2 Å². The van der Waals surface area contributed by atoms with Crippen LogP contribution in [0, 0.1) is 17.0 Å². The minimum Gasteiger partial charge on any atom is -0.358 e. The Hall–Kier alpha value is -3.26. The standard InChI is InChI=1S/C18H16ClN5O3/c1-3-22-9-8-20-18(22)17(25)15(13-4-6-14(19)7-5-13)10-23-11-16(24(26)27)21-12(23)2/h3-9,11,15H,1,10H2,2H3. The van der Waals surface area contributed by atoms with E-state index < -0.39 is 10.8 Å². The molecule has 9 heteroatoms. The molecule has 8 nitrogen and oxygen atoms in total. The Balaban J connectivity index is 2.02. The van der Waals surface area contributed by atoms with Crippen molar-refractivity contribution >= 4 is 29.4 Å². The number of hydrogen-bond donors (Lipinski definition) is 0. The molecule has 2 aromatic heterocycles. The topological polar surface area (TPSA) is 95.8 Å². The molecular weight excluding hydrogens is 370 g/mol. The number of ketones is 1. The summed E-state index contributed by atoms with van der Waals surface area (Å²) in [6.07, 6.45) is 5.96. The van der Waals surface area contributed by atoms with Crippen molar-refractivity contribution in [3.8, 4) is 0 Å². The molecule has 0 saturated heterocycles. The first-order valence-corrected chi connectivity index (χ1v) is 8.41. The molecule has 0 radical (unpaired) electrons. The fourth-order valence-corrected chi connectivity index (χ4v) is 2.93. The molecule has 0 amide bonds. The summed E-state index contributed by atoms with van der Waals surface area (Å²) in [4.78, 5) is 31.7. The van der Waals surface area contributed by atoms with Crippen molar-refractivity contribution in [3.05, 3.63) is 81.8 Å². The average molecular weight is 386 g/mol. The van der Waals surface area contributed by atoms with Gasteiger partial charge in [-0.2, -0.15) is 0 Å². The number of benzene rings is 1. The van der Waals surface area contributed by atoms with Crippen LogP contribution in [0.5, 0.6) is 0 Å². The van der Waals surface area contributed by atoms with Gasteiger partial charge in [0.2, 0.25) is 11.6 Å². The van der Waals surface area contributed by atoms with Crippen molar-refractivity contribution in [3.63, 3.8) is 0 Å². The summed E-state index contributed by atoms with van der Waals surface area (Å²) in [5, 5.41) is 11.5. The molecule has 0 saturated carbocycles. The summed E-state index contributed by atoms with van der Waals surface area (Å²) in [6.45, 7) is 5.51. The third-order valence-electron chi connectivity index (χ3n) is 4.20. The largest absolute Gasteiger partial charge is 0.381 e. The van der Waals surface area contributed by atoms with Crippen molar-refractivity contribution in [2.75, 3.05) is 0 Å². The lowest BCUT2D eigenvalue weighted by molar-refractivity contribution is -0.389. The molecule has 0 aliphatic rings. The van der Waals surface area contributed by atoms with Gasteiger partial charge in [0, 0.05) is 37.1 Å². The Bertz CT molecular complexity index is 1010. The van der Waals surface area contributed by atoms with E-state index in [9.17, 15) is 14.9 Å². The quantitative estimate of drug-likeness (QED) is 0.351. The highest BCUT2D eigenvalue weighted by molar-refractivity contribution is 6.30. The smallest absolute Gasteiger partial charge is 0.358 e. The normalized spacial score (nSPS) is 11.9. The predicted octanol–water partition coefficient (Wildman–Crippen LogP) is 3.72. The van der Waals surface area contributed by atoms with Crippen LogP contribution in [0.4, 0.5) is 5.82 Å². The lowest BCUT2D eigenvalue weighted by Crippen LogP contribution is -2.22. The highest BCUT2D eigenvalue weighted by Gasteiger charge is 2.28. The van der Waals surface area contributed by atoms with Gasteiger partial charge in [-0.15, -0.1) is 0 Å². The van der Waals surface area contributed by atoms with Crippen LogP contribution in [0.15, 0.2) is 49.4 Å². The van der Waals surface area contributed by atoms with Crippen molar-refractivity contribution in [1.82, 2.24) is 19.1 Å².